The third kappa shape index (κ3) is 6.74. The summed E-state index contributed by atoms with van der Waals surface area (Å²) in [5.41, 5.74) is 0.336. The Bertz CT molecular complexity index is 450. The summed E-state index contributed by atoms with van der Waals surface area (Å²) in [6.07, 6.45) is 2.47. The van der Waals surface area contributed by atoms with Crippen molar-refractivity contribution in [1.29, 1.82) is 0 Å². The first-order valence-electron chi connectivity index (χ1n) is 7.68. The number of hydrogen-bond acceptors (Lipinski definition) is 3. The Hall–Kier alpha value is -1.39. The van der Waals surface area contributed by atoms with E-state index in [1.807, 2.05) is 35.2 Å². The number of nitrogens with one attached hydrogen (secondary N) is 1. The van der Waals surface area contributed by atoms with Crippen LogP contribution in [0, 0.1) is 5.92 Å². The molecule has 0 atom stereocenters. The van der Waals surface area contributed by atoms with Crippen LogP contribution >= 0.6 is 0 Å². The van der Waals surface area contributed by atoms with E-state index in [0.717, 1.165) is 12.1 Å². The third-order valence-corrected chi connectivity index (χ3v) is 3.51. The van der Waals surface area contributed by atoms with Gasteiger partial charge in [-0.2, -0.15) is 0 Å². The predicted octanol–water partition coefficient (Wildman–Crippen LogP) is 1.79. The molecular weight excluding hydrogens is 264 g/mol. The Labute approximate surface area is 127 Å². The van der Waals surface area contributed by atoms with Crippen molar-refractivity contribution in [3.63, 3.8) is 0 Å². The Kier molecular flexibility index (Phi) is 5.37. The van der Waals surface area contributed by atoms with Gasteiger partial charge in [0, 0.05) is 19.6 Å². The van der Waals surface area contributed by atoms with Gasteiger partial charge in [0.05, 0.1) is 12.1 Å². The summed E-state index contributed by atoms with van der Waals surface area (Å²) < 4.78 is 0. The third-order valence-electron chi connectivity index (χ3n) is 3.51. The molecule has 1 amide bonds. The second kappa shape index (κ2) is 7.05. The van der Waals surface area contributed by atoms with E-state index in [1.165, 1.54) is 12.8 Å². The summed E-state index contributed by atoms with van der Waals surface area (Å²) in [4.78, 5) is 14.0. The molecule has 4 nitrogen and oxygen atoms in total. The van der Waals surface area contributed by atoms with Crippen LogP contribution in [-0.4, -0.2) is 41.1 Å². The smallest absolute Gasteiger partial charge is 0.234 e. The second-order valence-electron chi connectivity index (χ2n) is 6.69. The van der Waals surface area contributed by atoms with Crippen LogP contribution in [0.5, 0.6) is 0 Å². The fourth-order valence-corrected chi connectivity index (χ4v) is 2.40. The number of nitrogens with zero attached hydrogens (tertiary/aromatic N) is 1. The molecule has 21 heavy (non-hydrogen) atoms. The number of rotatable bonds is 8. The zero-order valence-corrected chi connectivity index (χ0v) is 13.0. The van der Waals surface area contributed by atoms with E-state index in [2.05, 4.69) is 5.32 Å². The van der Waals surface area contributed by atoms with Crippen LogP contribution in [0.3, 0.4) is 0 Å². The van der Waals surface area contributed by atoms with Gasteiger partial charge in [0.25, 0.3) is 0 Å². The Morgan fingerprint density at radius 3 is 2.57 bits per heavy atom. The molecule has 1 aromatic rings. The van der Waals surface area contributed by atoms with Gasteiger partial charge in [-0.3, -0.25) is 9.69 Å². The van der Waals surface area contributed by atoms with Crippen molar-refractivity contribution in [1.82, 2.24) is 10.2 Å². The molecule has 0 radical (unpaired) electrons. The quantitative estimate of drug-likeness (QED) is 0.767. The van der Waals surface area contributed by atoms with Crippen LogP contribution in [-0.2, 0) is 11.3 Å². The highest BCUT2D eigenvalue weighted by molar-refractivity contribution is 5.78. The van der Waals surface area contributed by atoms with Crippen molar-refractivity contribution in [3.05, 3.63) is 35.9 Å². The van der Waals surface area contributed by atoms with Crippen molar-refractivity contribution < 1.29 is 9.90 Å². The summed E-state index contributed by atoms with van der Waals surface area (Å²) in [6.45, 7) is 5.80. The minimum atomic E-state index is -0.814. The van der Waals surface area contributed by atoms with Crippen LogP contribution in [0.15, 0.2) is 30.3 Å². The van der Waals surface area contributed by atoms with Crippen LogP contribution in [0.2, 0.25) is 0 Å². The molecule has 0 heterocycles. The van der Waals surface area contributed by atoms with E-state index in [0.29, 0.717) is 25.6 Å². The number of hydrogen-bond donors (Lipinski definition) is 2. The van der Waals surface area contributed by atoms with Gasteiger partial charge in [-0.1, -0.05) is 30.3 Å². The normalized spacial score (nSPS) is 15.2. The molecule has 0 aromatic heterocycles. The highest BCUT2D eigenvalue weighted by Crippen LogP contribution is 2.27. The van der Waals surface area contributed by atoms with Crippen molar-refractivity contribution in [2.75, 3.05) is 19.6 Å². The Balaban J connectivity index is 1.89. The van der Waals surface area contributed by atoms with Gasteiger partial charge in [-0.25, -0.2) is 0 Å². The number of amides is 1. The SMILES string of the molecule is CC(C)(O)CN(CC(=O)NCC1CC1)Cc1ccccc1. The Morgan fingerprint density at radius 1 is 1.33 bits per heavy atom. The summed E-state index contributed by atoms with van der Waals surface area (Å²) in [5.74, 6) is 0.730. The number of benzene rings is 1. The molecule has 4 heteroatoms. The largest absolute Gasteiger partial charge is 0.389 e. The van der Waals surface area contributed by atoms with Crippen molar-refractivity contribution in [2.45, 2.75) is 38.8 Å². The van der Waals surface area contributed by atoms with E-state index < -0.39 is 5.60 Å². The summed E-state index contributed by atoms with van der Waals surface area (Å²) in [5, 5.41) is 13.0. The van der Waals surface area contributed by atoms with E-state index in [9.17, 15) is 9.90 Å². The zero-order valence-electron chi connectivity index (χ0n) is 13.0. The maximum atomic E-state index is 12.0. The number of aliphatic hydroxyl groups is 1. The molecule has 1 fully saturated rings. The molecule has 1 aliphatic rings. The summed E-state index contributed by atoms with van der Waals surface area (Å²) >= 11 is 0. The lowest BCUT2D eigenvalue weighted by atomic mass is 10.1. The first-order valence-corrected chi connectivity index (χ1v) is 7.68. The summed E-state index contributed by atoms with van der Waals surface area (Å²) in [7, 11) is 0. The standard InChI is InChI=1S/C17H26N2O2/c1-17(2,21)13-19(11-15-6-4-3-5-7-15)12-16(20)18-10-14-8-9-14/h3-7,14,21H,8-13H2,1-2H3,(H,18,20). The fraction of sp³-hybridized carbons (Fsp3) is 0.588. The van der Waals surface area contributed by atoms with E-state index >= 15 is 0 Å². The molecule has 0 spiro atoms. The maximum Gasteiger partial charge on any atom is 0.234 e. The fourth-order valence-electron chi connectivity index (χ4n) is 2.40. The van der Waals surface area contributed by atoms with Gasteiger partial charge >= 0.3 is 0 Å². The first-order chi connectivity index (χ1) is 9.92. The van der Waals surface area contributed by atoms with Crippen molar-refractivity contribution in [3.8, 4) is 0 Å². The van der Waals surface area contributed by atoms with Crippen molar-refractivity contribution in [2.24, 2.45) is 5.92 Å². The molecule has 1 aromatic carbocycles. The molecule has 0 aliphatic heterocycles. The second-order valence-corrected chi connectivity index (χ2v) is 6.69. The van der Waals surface area contributed by atoms with Crippen LogP contribution in [0.4, 0.5) is 0 Å². The first kappa shape index (κ1) is 16.0. The average molecular weight is 290 g/mol. The van der Waals surface area contributed by atoms with Crippen LogP contribution < -0.4 is 5.32 Å². The minimum absolute atomic E-state index is 0.0436. The van der Waals surface area contributed by atoms with Gasteiger partial charge in [0.2, 0.25) is 5.91 Å². The highest BCUT2D eigenvalue weighted by atomic mass is 16.3. The lowest BCUT2D eigenvalue weighted by Gasteiger charge is -2.28. The van der Waals surface area contributed by atoms with E-state index in [-0.39, 0.29) is 5.91 Å². The minimum Gasteiger partial charge on any atom is -0.389 e. The maximum absolute atomic E-state index is 12.0. The van der Waals surface area contributed by atoms with E-state index in [4.69, 9.17) is 0 Å². The van der Waals surface area contributed by atoms with Crippen molar-refractivity contribution >= 4 is 5.91 Å². The predicted molar refractivity (Wildman–Crippen MR) is 83.8 cm³/mol. The van der Waals surface area contributed by atoms with Gasteiger partial charge < -0.3 is 10.4 Å². The van der Waals surface area contributed by atoms with Gasteiger partial charge in [-0.15, -0.1) is 0 Å². The molecular formula is C17H26N2O2. The zero-order chi connectivity index (χ0) is 15.3. The molecule has 2 rings (SSSR count). The van der Waals surface area contributed by atoms with E-state index in [1.54, 1.807) is 13.8 Å². The average Bonchev–Trinajstić information content (AvgIpc) is 3.19. The van der Waals surface area contributed by atoms with Gasteiger partial charge in [-0.05, 0) is 38.2 Å². The topological polar surface area (TPSA) is 52.6 Å². The summed E-state index contributed by atoms with van der Waals surface area (Å²) in [6, 6.07) is 10.0. The molecule has 2 N–H and O–H groups in total. The van der Waals surface area contributed by atoms with Gasteiger partial charge in [0.1, 0.15) is 0 Å². The molecule has 1 saturated carbocycles. The van der Waals surface area contributed by atoms with Crippen LogP contribution in [0.25, 0.3) is 0 Å². The highest BCUT2D eigenvalue weighted by Gasteiger charge is 2.23. The molecule has 0 saturated heterocycles. The van der Waals surface area contributed by atoms with Crippen LogP contribution in [0.1, 0.15) is 32.3 Å². The Morgan fingerprint density at radius 2 is 2.00 bits per heavy atom. The monoisotopic (exact) mass is 290 g/mol. The lowest BCUT2D eigenvalue weighted by Crippen LogP contribution is -2.44. The molecule has 0 unspecified atom stereocenters. The lowest BCUT2D eigenvalue weighted by molar-refractivity contribution is -0.123. The number of carbonyl (C=O) groups is 1. The van der Waals surface area contributed by atoms with Gasteiger partial charge in [0.15, 0.2) is 0 Å². The molecule has 116 valence electrons. The number of carbonyl (C=O) groups excluding carboxylic acids is 1. The molecule has 1 aliphatic carbocycles. The molecule has 0 bridgehead atoms.